The van der Waals surface area contributed by atoms with E-state index in [9.17, 15) is 13.2 Å². The van der Waals surface area contributed by atoms with E-state index in [0.717, 1.165) is 12.8 Å². The molecule has 2 amide bonds. The Hall–Kier alpha value is -1.60. The Morgan fingerprint density at radius 1 is 0.840 bits per heavy atom. The van der Waals surface area contributed by atoms with Gasteiger partial charge in [0.05, 0.1) is 10.9 Å². The molecule has 3 aliphatic rings. The van der Waals surface area contributed by atoms with Gasteiger partial charge in [-0.05, 0) is 25.0 Å². The van der Waals surface area contributed by atoms with Gasteiger partial charge < -0.3 is 9.80 Å². The lowest BCUT2D eigenvalue weighted by atomic mass is 9.94. The van der Waals surface area contributed by atoms with Gasteiger partial charge in [-0.2, -0.15) is 4.31 Å². The average Bonchev–Trinajstić information content (AvgIpc) is 2.99. The van der Waals surface area contributed by atoms with E-state index in [2.05, 4.69) is 0 Å². The van der Waals surface area contributed by atoms with Crippen LogP contribution in [-0.2, 0) is 10.0 Å². The number of carbonyl (C=O) groups excluding carboxylic acids is 1. The zero-order valence-corrected chi connectivity index (χ0v) is 15.2. The quantitative estimate of drug-likeness (QED) is 0.827. The van der Waals surface area contributed by atoms with Crippen molar-refractivity contribution in [2.75, 3.05) is 26.2 Å². The van der Waals surface area contributed by atoms with Crippen LogP contribution in [0.2, 0.25) is 0 Å². The normalized spacial score (nSPS) is 26.1. The molecule has 0 bridgehead atoms. The van der Waals surface area contributed by atoms with E-state index in [1.807, 2.05) is 15.9 Å². The fourth-order valence-corrected chi connectivity index (χ4v) is 5.85. The fourth-order valence-electron chi connectivity index (χ4n) is 4.36. The first kappa shape index (κ1) is 16.8. The van der Waals surface area contributed by atoms with Crippen LogP contribution in [0.4, 0.5) is 4.79 Å². The summed E-state index contributed by atoms with van der Waals surface area (Å²) in [4.78, 5) is 17.0. The van der Waals surface area contributed by atoms with Crippen molar-refractivity contribution in [2.45, 2.75) is 49.1 Å². The van der Waals surface area contributed by atoms with Crippen molar-refractivity contribution in [3.63, 3.8) is 0 Å². The number of nitrogens with zero attached hydrogens (tertiary/aromatic N) is 3. The van der Waals surface area contributed by atoms with Crippen molar-refractivity contribution in [1.82, 2.24) is 14.1 Å². The van der Waals surface area contributed by atoms with Crippen LogP contribution in [0, 0.1) is 0 Å². The average molecular weight is 363 g/mol. The minimum absolute atomic E-state index is 0.0262. The summed E-state index contributed by atoms with van der Waals surface area (Å²) in [5, 5.41) is 0. The van der Waals surface area contributed by atoms with Crippen LogP contribution >= 0.6 is 0 Å². The van der Waals surface area contributed by atoms with E-state index < -0.39 is 10.0 Å². The zero-order valence-electron chi connectivity index (χ0n) is 14.4. The Morgan fingerprint density at radius 2 is 1.56 bits per heavy atom. The van der Waals surface area contributed by atoms with Crippen molar-refractivity contribution < 1.29 is 13.2 Å². The molecular weight excluding hydrogens is 338 g/mol. The Kier molecular flexibility index (Phi) is 4.45. The molecule has 6 nitrogen and oxygen atoms in total. The molecule has 0 spiro atoms. The van der Waals surface area contributed by atoms with Crippen molar-refractivity contribution >= 4 is 16.1 Å². The van der Waals surface area contributed by atoms with Gasteiger partial charge in [0.25, 0.3) is 0 Å². The smallest absolute Gasteiger partial charge is 0.320 e. The lowest BCUT2D eigenvalue weighted by molar-refractivity contribution is 0.151. The molecule has 2 saturated heterocycles. The molecule has 3 fully saturated rings. The van der Waals surface area contributed by atoms with Crippen molar-refractivity contribution in [2.24, 2.45) is 0 Å². The van der Waals surface area contributed by atoms with E-state index in [4.69, 9.17) is 0 Å². The van der Waals surface area contributed by atoms with Gasteiger partial charge >= 0.3 is 6.03 Å². The number of benzene rings is 1. The third kappa shape index (κ3) is 3.04. The molecule has 136 valence electrons. The summed E-state index contributed by atoms with van der Waals surface area (Å²) in [6, 6.07) is 8.99. The summed E-state index contributed by atoms with van der Waals surface area (Å²) in [6.07, 6.45) is 5.80. The van der Waals surface area contributed by atoms with Crippen LogP contribution in [0.1, 0.15) is 32.1 Å². The minimum Gasteiger partial charge on any atom is -0.320 e. The second-order valence-electron chi connectivity index (χ2n) is 7.25. The van der Waals surface area contributed by atoms with E-state index >= 15 is 0 Å². The monoisotopic (exact) mass is 363 g/mol. The van der Waals surface area contributed by atoms with Gasteiger partial charge in [-0.15, -0.1) is 0 Å². The standard InChI is InChI=1S/C18H25N3O3S/c22-18-20-12-11-19(25(23,24)17-9-5-2-6-10-17)13-16(20)14-21(18)15-7-3-1-4-8-15/h2,5-6,9-10,15-16H,1,3-4,7-8,11-14H2/t16-/m1/s1. The molecule has 2 heterocycles. The Labute approximate surface area is 149 Å². The predicted molar refractivity (Wildman–Crippen MR) is 94.7 cm³/mol. The number of hydrogen-bond acceptors (Lipinski definition) is 3. The Balaban J connectivity index is 1.49. The Bertz CT molecular complexity index is 731. The molecular formula is C18H25N3O3S. The molecule has 0 unspecified atom stereocenters. The number of piperazine rings is 1. The van der Waals surface area contributed by atoms with E-state index in [1.165, 1.54) is 19.3 Å². The van der Waals surface area contributed by atoms with Crippen LogP contribution in [0.15, 0.2) is 35.2 Å². The molecule has 2 aliphatic heterocycles. The number of hydrogen-bond donors (Lipinski definition) is 0. The van der Waals surface area contributed by atoms with Gasteiger partial charge in [0.15, 0.2) is 0 Å². The molecule has 0 radical (unpaired) electrons. The number of rotatable bonds is 3. The maximum absolute atomic E-state index is 12.8. The number of carbonyl (C=O) groups is 1. The summed E-state index contributed by atoms with van der Waals surface area (Å²) in [7, 11) is -3.48. The zero-order chi connectivity index (χ0) is 17.4. The molecule has 1 saturated carbocycles. The molecule has 0 aromatic heterocycles. The molecule has 1 aliphatic carbocycles. The van der Waals surface area contributed by atoms with Crippen molar-refractivity contribution in [3.05, 3.63) is 30.3 Å². The van der Waals surface area contributed by atoms with Crippen molar-refractivity contribution in [1.29, 1.82) is 0 Å². The summed E-state index contributed by atoms with van der Waals surface area (Å²) < 4.78 is 27.2. The highest BCUT2D eigenvalue weighted by molar-refractivity contribution is 7.89. The first-order valence-electron chi connectivity index (χ1n) is 9.20. The van der Waals surface area contributed by atoms with Crippen LogP contribution in [-0.4, -0.2) is 66.8 Å². The molecule has 1 aromatic carbocycles. The van der Waals surface area contributed by atoms with E-state index in [1.54, 1.807) is 28.6 Å². The summed E-state index contributed by atoms with van der Waals surface area (Å²) in [5.74, 6) is 0. The number of urea groups is 1. The lowest BCUT2D eigenvalue weighted by Crippen LogP contribution is -2.53. The predicted octanol–water partition coefficient (Wildman–Crippen LogP) is 2.13. The molecule has 1 aromatic rings. The van der Waals surface area contributed by atoms with Gasteiger partial charge in [0.2, 0.25) is 10.0 Å². The number of amides is 2. The number of sulfonamides is 1. The minimum atomic E-state index is -3.48. The third-order valence-corrected chi connectivity index (χ3v) is 7.62. The molecule has 0 N–H and O–H groups in total. The van der Waals surface area contributed by atoms with Crippen molar-refractivity contribution in [3.8, 4) is 0 Å². The lowest BCUT2D eigenvalue weighted by Gasteiger charge is -2.35. The second-order valence-corrected chi connectivity index (χ2v) is 9.19. The molecule has 7 heteroatoms. The molecule has 1 atom stereocenters. The summed E-state index contributed by atoms with van der Waals surface area (Å²) >= 11 is 0. The maximum atomic E-state index is 12.8. The summed E-state index contributed by atoms with van der Waals surface area (Å²) in [6.45, 7) is 1.91. The Morgan fingerprint density at radius 3 is 2.28 bits per heavy atom. The summed E-state index contributed by atoms with van der Waals surface area (Å²) in [5.41, 5.74) is 0. The maximum Gasteiger partial charge on any atom is 0.320 e. The van der Waals surface area contributed by atoms with E-state index in [-0.39, 0.29) is 12.1 Å². The first-order chi connectivity index (χ1) is 12.1. The van der Waals surface area contributed by atoms with Crippen LogP contribution < -0.4 is 0 Å². The fraction of sp³-hybridized carbons (Fsp3) is 0.611. The van der Waals surface area contributed by atoms with Gasteiger partial charge in [0, 0.05) is 32.2 Å². The van der Waals surface area contributed by atoms with Gasteiger partial charge in [-0.25, -0.2) is 13.2 Å². The highest BCUT2D eigenvalue weighted by atomic mass is 32.2. The highest BCUT2D eigenvalue weighted by Gasteiger charge is 2.45. The van der Waals surface area contributed by atoms with Gasteiger partial charge in [-0.1, -0.05) is 37.5 Å². The number of fused-ring (bicyclic) bond motifs is 1. The highest BCUT2D eigenvalue weighted by Crippen LogP contribution is 2.30. The third-order valence-electron chi connectivity index (χ3n) is 5.74. The van der Waals surface area contributed by atoms with Gasteiger partial charge in [-0.3, -0.25) is 0 Å². The van der Waals surface area contributed by atoms with Crippen LogP contribution in [0.5, 0.6) is 0 Å². The SMILES string of the molecule is O=C1N(C2CCCCC2)C[C@H]2CN(S(=O)(=O)c3ccccc3)CCN12. The topological polar surface area (TPSA) is 60.9 Å². The largest absolute Gasteiger partial charge is 0.320 e. The molecule has 4 rings (SSSR count). The van der Waals surface area contributed by atoms with Crippen LogP contribution in [0.25, 0.3) is 0 Å². The first-order valence-corrected chi connectivity index (χ1v) is 10.6. The van der Waals surface area contributed by atoms with E-state index in [0.29, 0.717) is 37.1 Å². The second kappa shape index (κ2) is 6.61. The van der Waals surface area contributed by atoms with Crippen LogP contribution in [0.3, 0.4) is 0 Å². The van der Waals surface area contributed by atoms with Gasteiger partial charge in [0.1, 0.15) is 0 Å². The molecule has 25 heavy (non-hydrogen) atoms.